The van der Waals surface area contributed by atoms with Gasteiger partial charge in [-0.25, -0.2) is 4.79 Å². The van der Waals surface area contributed by atoms with Crippen molar-refractivity contribution in [1.82, 2.24) is 10.3 Å². The first-order chi connectivity index (χ1) is 9.15. The van der Waals surface area contributed by atoms with Crippen LogP contribution in [0.1, 0.15) is 49.3 Å². The van der Waals surface area contributed by atoms with Gasteiger partial charge in [-0.05, 0) is 36.8 Å². The standard InChI is InChI=1S/C15H24N2O2/c1-4-11-5-7-13(10(11)2)16-9-12-6-8-14(17-12)15(18)19-3/h6,8,10-11,13,16-17H,4-5,7,9H2,1-3H3. The second kappa shape index (κ2) is 6.24. The number of aromatic nitrogens is 1. The van der Waals surface area contributed by atoms with Crippen LogP contribution < -0.4 is 5.32 Å². The number of nitrogens with one attached hydrogen (secondary N) is 2. The van der Waals surface area contributed by atoms with Crippen molar-refractivity contribution in [1.29, 1.82) is 0 Å². The lowest BCUT2D eigenvalue weighted by molar-refractivity contribution is 0.0594. The first-order valence-corrected chi connectivity index (χ1v) is 7.15. The quantitative estimate of drug-likeness (QED) is 0.804. The summed E-state index contributed by atoms with van der Waals surface area (Å²) in [5.41, 5.74) is 1.55. The lowest BCUT2D eigenvalue weighted by Crippen LogP contribution is -2.32. The minimum Gasteiger partial charge on any atom is -0.464 e. The third kappa shape index (κ3) is 3.18. The number of carbonyl (C=O) groups is 1. The van der Waals surface area contributed by atoms with Gasteiger partial charge in [0, 0.05) is 18.3 Å². The summed E-state index contributed by atoms with van der Waals surface area (Å²) >= 11 is 0. The highest BCUT2D eigenvalue weighted by molar-refractivity contribution is 5.87. The molecule has 2 rings (SSSR count). The molecule has 1 aliphatic rings. The number of hydrogen-bond acceptors (Lipinski definition) is 3. The van der Waals surface area contributed by atoms with E-state index in [0.29, 0.717) is 11.7 Å². The van der Waals surface area contributed by atoms with Gasteiger partial charge in [0.1, 0.15) is 5.69 Å². The third-order valence-corrected chi connectivity index (χ3v) is 4.46. The predicted octanol–water partition coefficient (Wildman–Crippen LogP) is 2.72. The average Bonchev–Trinajstić information content (AvgIpc) is 3.02. The lowest BCUT2D eigenvalue weighted by atomic mass is 9.93. The lowest BCUT2D eigenvalue weighted by Gasteiger charge is -2.20. The monoisotopic (exact) mass is 264 g/mol. The van der Waals surface area contributed by atoms with E-state index in [1.807, 2.05) is 6.07 Å². The van der Waals surface area contributed by atoms with Gasteiger partial charge >= 0.3 is 5.97 Å². The van der Waals surface area contributed by atoms with Crippen LogP contribution in [0.3, 0.4) is 0 Å². The molecular formula is C15H24N2O2. The Balaban J connectivity index is 1.86. The molecule has 1 heterocycles. The van der Waals surface area contributed by atoms with Gasteiger partial charge in [-0.15, -0.1) is 0 Å². The van der Waals surface area contributed by atoms with Gasteiger partial charge in [0.2, 0.25) is 0 Å². The van der Waals surface area contributed by atoms with Crippen molar-refractivity contribution in [3.8, 4) is 0 Å². The zero-order valence-electron chi connectivity index (χ0n) is 12.0. The van der Waals surface area contributed by atoms with Crippen molar-refractivity contribution in [2.75, 3.05) is 7.11 Å². The van der Waals surface area contributed by atoms with Gasteiger partial charge in [0.05, 0.1) is 7.11 Å². The van der Waals surface area contributed by atoms with E-state index >= 15 is 0 Å². The van der Waals surface area contributed by atoms with Crippen LogP contribution in [-0.4, -0.2) is 24.1 Å². The Bertz CT molecular complexity index is 428. The van der Waals surface area contributed by atoms with Crippen LogP contribution in [0.15, 0.2) is 12.1 Å². The Kier molecular flexibility index (Phi) is 4.64. The molecule has 0 radical (unpaired) electrons. The molecule has 0 amide bonds. The van der Waals surface area contributed by atoms with Gasteiger partial charge in [0.25, 0.3) is 0 Å². The Labute approximate surface area is 114 Å². The highest BCUT2D eigenvalue weighted by Crippen LogP contribution is 2.33. The molecule has 0 aliphatic heterocycles. The molecule has 0 bridgehead atoms. The molecule has 19 heavy (non-hydrogen) atoms. The summed E-state index contributed by atoms with van der Waals surface area (Å²) in [7, 11) is 1.40. The van der Waals surface area contributed by atoms with E-state index < -0.39 is 0 Å². The molecule has 4 heteroatoms. The van der Waals surface area contributed by atoms with Crippen LogP contribution in [0.2, 0.25) is 0 Å². The maximum Gasteiger partial charge on any atom is 0.354 e. The Morgan fingerprint density at radius 1 is 1.47 bits per heavy atom. The van der Waals surface area contributed by atoms with Crippen LogP contribution in [-0.2, 0) is 11.3 Å². The molecule has 0 aromatic carbocycles. The predicted molar refractivity (Wildman–Crippen MR) is 74.9 cm³/mol. The summed E-state index contributed by atoms with van der Waals surface area (Å²) in [6, 6.07) is 4.31. The second-order valence-corrected chi connectivity index (χ2v) is 5.48. The normalized spacial score (nSPS) is 26.6. The smallest absolute Gasteiger partial charge is 0.354 e. The molecule has 1 saturated carbocycles. The number of H-pyrrole nitrogens is 1. The molecule has 1 fully saturated rings. The number of hydrogen-bond donors (Lipinski definition) is 2. The van der Waals surface area contributed by atoms with Gasteiger partial charge < -0.3 is 15.0 Å². The summed E-state index contributed by atoms with van der Waals surface area (Å²) in [5.74, 6) is 1.28. The molecule has 0 saturated heterocycles. The first-order valence-electron chi connectivity index (χ1n) is 7.15. The first kappa shape index (κ1) is 14.1. The molecule has 0 spiro atoms. The van der Waals surface area contributed by atoms with E-state index in [1.165, 1.54) is 26.4 Å². The Morgan fingerprint density at radius 2 is 2.26 bits per heavy atom. The summed E-state index contributed by atoms with van der Waals surface area (Å²) in [4.78, 5) is 14.4. The minimum absolute atomic E-state index is 0.313. The number of ether oxygens (including phenoxy) is 1. The number of carbonyl (C=O) groups excluding carboxylic acids is 1. The van der Waals surface area contributed by atoms with E-state index in [9.17, 15) is 4.79 Å². The van der Waals surface area contributed by atoms with Crippen molar-refractivity contribution in [2.24, 2.45) is 11.8 Å². The van der Waals surface area contributed by atoms with E-state index in [4.69, 9.17) is 0 Å². The molecule has 3 atom stereocenters. The van der Waals surface area contributed by atoms with Crippen LogP contribution in [0.4, 0.5) is 0 Å². The van der Waals surface area contributed by atoms with Crippen molar-refractivity contribution in [2.45, 2.75) is 45.7 Å². The van der Waals surface area contributed by atoms with Gasteiger partial charge in [-0.1, -0.05) is 20.3 Å². The topological polar surface area (TPSA) is 54.1 Å². The van der Waals surface area contributed by atoms with Crippen LogP contribution in [0.5, 0.6) is 0 Å². The highest BCUT2D eigenvalue weighted by Gasteiger charge is 2.30. The van der Waals surface area contributed by atoms with Gasteiger partial charge in [-0.2, -0.15) is 0 Å². The Morgan fingerprint density at radius 3 is 2.89 bits per heavy atom. The van der Waals surface area contributed by atoms with E-state index in [1.54, 1.807) is 6.07 Å². The third-order valence-electron chi connectivity index (χ3n) is 4.46. The molecular weight excluding hydrogens is 240 g/mol. The van der Waals surface area contributed by atoms with Crippen LogP contribution in [0, 0.1) is 11.8 Å². The summed E-state index contributed by atoms with van der Waals surface area (Å²) in [6.07, 6.45) is 3.85. The van der Waals surface area contributed by atoms with Gasteiger partial charge in [-0.3, -0.25) is 0 Å². The molecule has 1 aliphatic carbocycles. The molecule has 4 nitrogen and oxygen atoms in total. The largest absolute Gasteiger partial charge is 0.464 e. The van der Waals surface area contributed by atoms with Crippen molar-refractivity contribution in [3.63, 3.8) is 0 Å². The molecule has 1 aromatic rings. The van der Waals surface area contributed by atoms with Crippen molar-refractivity contribution in [3.05, 3.63) is 23.5 Å². The van der Waals surface area contributed by atoms with Crippen molar-refractivity contribution >= 4 is 5.97 Å². The maximum atomic E-state index is 11.3. The van der Waals surface area contributed by atoms with Gasteiger partial charge in [0.15, 0.2) is 0 Å². The summed E-state index contributed by atoms with van der Waals surface area (Å²) in [6.45, 7) is 5.40. The number of rotatable bonds is 5. The molecule has 3 unspecified atom stereocenters. The fraction of sp³-hybridized carbons (Fsp3) is 0.667. The average molecular weight is 264 g/mol. The van der Waals surface area contributed by atoms with Crippen LogP contribution >= 0.6 is 0 Å². The maximum absolute atomic E-state index is 11.3. The Hall–Kier alpha value is -1.29. The SMILES string of the molecule is CCC1CCC(NCc2ccc(C(=O)OC)[nH]2)C1C. The number of aromatic amines is 1. The fourth-order valence-electron chi connectivity index (χ4n) is 3.13. The van der Waals surface area contributed by atoms with E-state index in [0.717, 1.165) is 24.1 Å². The summed E-state index contributed by atoms with van der Waals surface area (Å²) < 4.78 is 4.68. The van der Waals surface area contributed by atoms with E-state index in [2.05, 4.69) is 28.9 Å². The molecule has 1 aromatic heterocycles. The zero-order chi connectivity index (χ0) is 13.8. The van der Waals surface area contributed by atoms with Crippen molar-refractivity contribution < 1.29 is 9.53 Å². The summed E-state index contributed by atoms with van der Waals surface area (Å²) in [5, 5.41) is 3.60. The zero-order valence-corrected chi connectivity index (χ0v) is 12.0. The highest BCUT2D eigenvalue weighted by atomic mass is 16.5. The second-order valence-electron chi connectivity index (χ2n) is 5.48. The fourth-order valence-corrected chi connectivity index (χ4v) is 3.13. The molecule has 106 valence electrons. The molecule has 2 N–H and O–H groups in total. The minimum atomic E-state index is -0.313. The number of esters is 1. The van der Waals surface area contributed by atoms with E-state index in [-0.39, 0.29) is 5.97 Å². The number of methoxy groups -OCH3 is 1. The van der Waals surface area contributed by atoms with Crippen LogP contribution in [0.25, 0.3) is 0 Å².